The topological polar surface area (TPSA) is 27.7 Å². The molecule has 0 spiro atoms. The Bertz CT molecular complexity index is 721. The van der Waals surface area contributed by atoms with Gasteiger partial charge in [0.2, 0.25) is 0 Å². The normalized spacial score (nSPS) is 11.9. The number of aryl methyl sites for hydroxylation is 1. The molecule has 0 bridgehead atoms. The molecule has 0 atom stereocenters. The lowest BCUT2D eigenvalue weighted by atomic mass is 10.1. The molecule has 0 aromatic heterocycles. The molecule has 23 heavy (non-hydrogen) atoms. The molecule has 0 saturated carbocycles. The third-order valence-electron chi connectivity index (χ3n) is 4.36. The maximum Gasteiger partial charge on any atom is 0.153 e. The first-order chi connectivity index (χ1) is 11.0. The van der Waals surface area contributed by atoms with Crippen molar-refractivity contribution >= 4 is 22.7 Å². The Kier molecular flexibility index (Phi) is 4.07. The number of benzene rings is 2. The van der Waals surface area contributed by atoms with Gasteiger partial charge in [0.05, 0.1) is 11.4 Å². The minimum atomic E-state index is 0.878. The first kappa shape index (κ1) is 15.5. The van der Waals surface area contributed by atoms with Crippen LogP contribution in [0.15, 0.2) is 30.3 Å². The maximum absolute atomic E-state index is 6.19. The van der Waals surface area contributed by atoms with Crippen molar-refractivity contribution in [2.24, 2.45) is 0 Å². The fourth-order valence-corrected chi connectivity index (χ4v) is 3.09. The molecule has 0 fully saturated rings. The van der Waals surface area contributed by atoms with Gasteiger partial charge in [0, 0.05) is 50.7 Å². The van der Waals surface area contributed by atoms with Crippen LogP contribution in [0, 0.1) is 6.92 Å². The second-order valence-electron chi connectivity index (χ2n) is 6.11. The van der Waals surface area contributed by atoms with Gasteiger partial charge >= 0.3 is 0 Å². The van der Waals surface area contributed by atoms with Crippen LogP contribution in [-0.2, 0) is 0 Å². The molecular formula is C19H25N3O. The van der Waals surface area contributed by atoms with Crippen molar-refractivity contribution in [3.05, 3.63) is 35.9 Å². The molecule has 0 radical (unpaired) electrons. The second-order valence-corrected chi connectivity index (χ2v) is 6.11. The molecule has 2 aromatic carbocycles. The average Bonchev–Trinajstić information content (AvgIpc) is 2.53. The van der Waals surface area contributed by atoms with Gasteiger partial charge in [-0.15, -0.1) is 0 Å². The Labute approximate surface area is 138 Å². The van der Waals surface area contributed by atoms with Crippen LogP contribution in [0.1, 0.15) is 19.4 Å². The van der Waals surface area contributed by atoms with E-state index in [0.29, 0.717) is 0 Å². The summed E-state index contributed by atoms with van der Waals surface area (Å²) >= 11 is 0. The van der Waals surface area contributed by atoms with E-state index < -0.39 is 0 Å². The van der Waals surface area contributed by atoms with E-state index >= 15 is 0 Å². The summed E-state index contributed by atoms with van der Waals surface area (Å²) in [4.78, 5) is 4.43. The van der Waals surface area contributed by atoms with Gasteiger partial charge in [0.25, 0.3) is 0 Å². The van der Waals surface area contributed by atoms with E-state index in [4.69, 9.17) is 4.74 Å². The number of anilines is 4. The summed E-state index contributed by atoms with van der Waals surface area (Å²) in [6.45, 7) is 8.44. The van der Waals surface area contributed by atoms with Gasteiger partial charge in [-0.2, -0.15) is 0 Å². The lowest BCUT2D eigenvalue weighted by Crippen LogP contribution is -2.21. The smallest absolute Gasteiger partial charge is 0.153 e. The molecule has 1 heterocycles. The molecule has 0 unspecified atom stereocenters. The summed E-state index contributed by atoms with van der Waals surface area (Å²) in [5.74, 6) is 1.76. The van der Waals surface area contributed by atoms with Gasteiger partial charge in [-0.1, -0.05) is 0 Å². The zero-order valence-corrected chi connectivity index (χ0v) is 14.6. The first-order valence-corrected chi connectivity index (χ1v) is 8.19. The van der Waals surface area contributed by atoms with Crippen molar-refractivity contribution in [3.63, 3.8) is 0 Å². The molecule has 1 N–H and O–H groups in total. The van der Waals surface area contributed by atoms with Gasteiger partial charge in [0.15, 0.2) is 11.5 Å². The summed E-state index contributed by atoms with van der Waals surface area (Å²) in [5.41, 5.74) is 5.64. The van der Waals surface area contributed by atoms with Gasteiger partial charge in [-0.05, 0) is 44.5 Å². The summed E-state index contributed by atoms with van der Waals surface area (Å²) in [7, 11) is 4.11. The Morgan fingerprint density at radius 1 is 0.957 bits per heavy atom. The lowest BCUT2D eigenvalue weighted by Gasteiger charge is -2.27. The highest BCUT2D eigenvalue weighted by molar-refractivity contribution is 5.80. The van der Waals surface area contributed by atoms with Crippen molar-refractivity contribution < 1.29 is 4.74 Å². The standard InChI is InChI=1S/C19H25N3O/c1-6-22(7-2)14-8-9-15-18(11-14)23-19-12-17(21(4)5)13(3)10-16(19)20-15/h8-12,20H,6-7H2,1-5H3. The van der Waals surface area contributed by atoms with Crippen molar-refractivity contribution in [3.8, 4) is 11.5 Å². The van der Waals surface area contributed by atoms with E-state index in [-0.39, 0.29) is 0 Å². The number of nitrogens with zero attached hydrogens (tertiary/aromatic N) is 2. The zero-order valence-electron chi connectivity index (χ0n) is 14.6. The van der Waals surface area contributed by atoms with Crippen LogP contribution in [-0.4, -0.2) is 27.2 Å². The van der Waals surface area contributed by atoms with Crippen molar-refractivity contribution in [1.82, 2.24) is 0 Å². The van der Waals surface area contributed by atoms with Crippen molar-refractivity contribution in [2.75, 3.05) is 42.3 Å². The molecule has 2 aromatic rings. The quantitative estimate of drug-likeness (QED) is 0.752. The largest absolute Gasteiger partial charge is 0.453 e. The van der Waals surface area contributed by atoms with E-state index in [1.165, 1.54) is 16.9 Å². The predicted molar refractivity (Wildman–Crippen MR) is 98.9 cm³/mol. The Morgan fingerprint density at radius 2 is 1.65 bits per heavy atom. The number of ether oxygens (including phenoxy) is 1. The zero-order chi connectivity index (χ0) is 16.6. The van der Waals surface area contributed by atoms with E-state index in [1.807, 2.05) is 0 Å². The molecule has 122 valence electrons. The predicted octanol–water partition coefficient (Wildman–Crippen LogP) is 4.76. The number of hydrogen-bond donors (Lipinski definition) is 1. The van der Waals surface area contributed by atoms with Gasteiger partial charge in [-0.3, -0.25) is 0 Å². The molecule has 4 nitrogen and oxygen atoms in total. The average molecular weight is 311 g/mol. The van der Waals surface area contributed by atoms with Crippen LogP contribution in [0.25, 0.3) is 0 Å². The van der Waals surface area contributed by atoms with Crippen LogP contribution in [0.4, 0.5) is 22.7 Å². The molecule has 4 heteroatoms. The van der Waals surface area contributed by atoms with Crippen molar-refractivity contribution in [2.45, 2.75) is 20.8 Å². The van der Waals surface area contributed by atoms with E-state index in [0.717, 1.165) is 36.0 Å². The Morgan fingerprint density at radius 3 is 2.30 bits per heavy atom. The molecular weight excluding hydrogens is 286 g/mol. The van der Waals surface area contributed by atoms with Crippen LogP contribution in [0.3, 0.4) is 0 Å². The molecule has 0 amide bonds. The molecule has 0 aliphatic carbocycles. The Hall–Kier alpha value is -2.36. The summed E-state index contributed by atoms with van der Waals surface area (Å²) < 4.78 is 6.19. The van der Waals surface area contributed by atoms with Crippen LogP contribution in [0.2, 0.25) is 0 Å². The summed E-state index contributed by atoms with van der Waals surface area (Å²) in [6, 6.07) is 10.6. The SMILES string of the molecule is CCN(CC)c1ccc2c(c1)Oc1cc(N(C)C)c(C)cc1N2. The third-order valence-corrected chi connectivity index (χ3v) is 4.36. The maximum atomic E-state index is 6.19. The van der Waals surface area contributed by atoms with E-state index in [1.54, 1.807) is 0 Å². The summed E-state index contributed by atoms with van der Waals surface area (Å²) in [6.07, 6.45) is 0. The second kappa shape index (κ2) is 6.03. The molecule has 0 saturated heterocycles. The highest BCUT2D eigenvalue weighted by Gasteiger charge is 2.19. The fraction of sp³-hybridized carbons (Fsp3) is 0.368. The number of rotatable bonds is 4. The third kappa shape index (κ3) is 2.81. The summed E-state index contributed by atoms with van der Waals surface area (Å²) in [5, 5.41) is 3.49. The van der Waals surface area contributed by atoms with Crippen LogP contribution >= 0.6 is 0 Å². The van der Waals surface area contributed by atoms with Gasteiger partial charge in [-0.25, -0.2) is 0 Å². The fourth-order valence-electron chi connectivity index (χ4n) is 3.09. The Balaban J connectivity index is 1.98. The monoisotopic (exact) mass is 311 g/mol. The molecule has 1 aliphatic rings. The van der Waals surface area contributed by atoms with Crippen LogP contribution in [0.5, 0.6) is 11.5 Å². The first-order valence-electron chi connectivity index (χ1n) is 8.19. The lowest BCUT2D eigenvalue weighted by molar-refractivity contribution is 0.481. The van der Waals surface area contributed by atoms with Crippen LogP contribution < -0.4 is 19.9 Å². The van der Waals surface area contributed by atoms with Crippen molar-refractivity contribution in [1.29, 1.82) is 0 Å². The minimum Gasteiger partial charge on any atom is -0.453 e. The minimum absolute atomic E-state index is 0.878. The number of hydrogen-bond acceptors (Lipinski definition) is 4. The van der Waals surface area contributed by atoms with E-state index in [2.05, 4.69) is 80.3 Å². The molecule has 1 aliphatic heterocycles. The highest BCUT2D eigenvalue weighted by Crippen LogP contribution is 2.45. The molecule has 3 rings (SSSR count). The highest BCUT2D eigenvalue weighted by atomic mass is 16.5. The van der Waals surface area contributed by atoms with E-state index in [9.17, 15) is 0 Å². The van der Waals surface area contributed by atoms with Gasteiger partial charge in [0.1, 0.15) is 0 Å². The number of nitrogens with one attached hydrogen (secondary N) is 1. The number of fused-ring (bicyclic) bond motifs is 2. The van der Waals surface area contributed by atoms with Gasteiger partial charge < -0.3 is 19.9 Å².